The molecule has 1 aromatic rings. The van der Waals surface area contributed by atoms with Gasteiger partial charge in [0.2, 0.25) is 0 Å². The maximum absolute atomic E-state index is 5.55. The third-order valence-electron chi connectivity index (χ3n) is 3.27. The van der Waals surface area contributed by atoms with E-state index in [1.165, 1.54) is 32.1 Å². The Kier molecular flexibility index (Phi) is 3.67. The van der Waals surface area contributed by atoms with E-state index >= 15 is 0 Å². The van der Waals surface area contributed by atoms with Crippen LogP contribution in [0.1, 0.15) is 43.5 Å². The second-order valence-electron chi connectivity index (χ2n) is 4.39. The molecule has 0 saturated heterocycles. The van der Waals surface area contributed by atoms with Gasteiger partial charge in [0.05, 0.1) is 5.69 Å². The number of rotatable bonds is 4. The van der Waals surface area contributed by atoms with E-state index in [2.05, 4.69) is 9.97 Å². The van der Waals surface area contributed by atoms with Crippen molar-refractivity contribution in [1.29, 1.82) is 0 Å². The molecule has 1 saturated carbocycles. The van der Waals surface area contributed by atoms with Gasteiger partial charge in [-0.3, -0.25) is 0 Å². The van der Waals surface area contributed by atoms with Gasteiger partial charge < -0.3 is 5.73 Å². The largest absolute Gasteiger partial charge is 0.325 e. The fourth-order valence-corrected chi connectivity index (χ4v) is 2.34. The third-order valence-corrected chi connectivity index (χ3v) is 3.27. The zero-order valence-corrected chi connectivity index (χ0v) is 9.15. The van der Waals surface area contributed by atoms with Crippen molar-refractivity contribution >= 4 is 0 Å². The Morgan fingerprint density at radius 2 is 1.93 bits per heavy atom. The monoisotopic (exact) mass is 205 g/mol. The summed E-state index contributed by atoms with van der Waals surface area (Å²) < 4.78 is 0. The van der Waals surface area contributed by atoms with Crippen LogP contribution in [0.3, 0.4) is 0 Å². The molecule has 0 radical (unpaired) electrons. The smallest absolute Gasteiger partial charge is 0.115 e. The first-order valence-electron chi connectivity index (χ1n) is 5.88. The van der Waals surface area contributed by atoms with Gasteiger partial charge in [0, 0.05) is 12.2 Å². The molecule has 0 bridgehead atoms. The van der Waals surface area contributed by atoms with Gasteiger partial charge in [-0.25, -0.2) is 9.97 Å². The average molecular weight is 205 g/mol. The minimum absolute atomic E-state index is 0.513. The van der Waals surface area contributed by atoms with E-state index in [0.717, 1.165) is 23.7 Å². The molecule has 1 aliphatic carbocycles. The van der Waals surface area contributed by atoms with Gasteiger partial charge in [0.1, 0.15) is 6.33 Å². The third kappa shape index (κ3) is 2.99. The summed E-state index contributed by atoms with van der Waals surface area (Å²) in [6.07, 6.45) is 9.65. The van der Waals surface area contributed by atoms with Crippen molar-refractivity contribution in [2.75, 3.05) is 0 Å². The van der Waals surface area contributed by atoms with Gasteiger partial charge in [0.25, 0.3) is 0 Å². The topological polar surface area (TPSA) is 51.8 Å². The molecule has 1 aromatic heterocycles. The number of aromatic nitrogens is 2. The molecule has 1 fully saturated rings. The minimum Gasteiger partial charge on any atom is -0.325 e. The van der Waals surface area contributed by atoms with E-state index in [1.54, 1.807) is 6.33 Å². The van der Waals surface area contributed by atoms with Crippen LogP contribution < -0.4 is 5.73 Å². The number of nitrogens with two attached hydrogens (primary N) is 1. The van der Waals surface area contributed by atoms with Crippen molar-refractivity contribution in [3.05, 3.63) is 23.8 Å². The summed E-state index contributed by atoms with van der Waals surface area (Å²) in [4.78, 5) is 8.38. The molecule has 2 N–H and O–H groups in total. The van der Waals surface area contributed by atoms with E-state index in [9.17, 15) is 0 Å². The van der Waals surface area contributed by atoms with Crippen LogP contribution in [-0.4, -0.2) is 9.97 Å². The molecule has 0 atom stereocenters. The Morgan fingerprint density at radius 3 is 2.67 bits per heavy atom. The highest BCUT2D eigenvalue weighted by atomic mass is 14.8. The van der Waals surface area contributed by atoms with Crippen LogP contribution >= 0.6 is 0 Å². The Balaban J connectivity index is 1.86. The van der Waals surface area contributed by atoms with Crippen LogP contribution in [0.2, 0.25) is 0 Å². The molecular weight excluding hydrogens is 186 g/mol. The number of nitrogens with zero attached hydrogens (tertiary/aromatic N) is 2. The van der Waals surface area contributed by atoms with Gasteiger partial charge >= 0.3 is 0 Å². The predicted octanol–water partition coefficient (Wildman–Crippen LogP) is 2.06. The first-order chi connectivity index (χ1) is 7.38. The Labute approximate surface area is 91.1 Å². The summed E-state index contributed by atoms with van der Waals surface area (Å²) in [5, 5.41) is 0. The molecule has 3 nitrogen and oxygen atoms in total. The van der Waals surface area contributed by atoms with Gasteiger partial charge in [-0.05, 0) is 24.8 Å². The van der Waals surface area contributed by atoms with E-state index in [0.29, 0.717) is 6.54 Å². The van der Waals surface area contributed by atoms with Crippen molar-refractivity contribution in [2.24, 2.45) is 11.7 Å². The highest BCUT2D eigenvalue weighted by Gasteiger charge is 2.14. The fraction of sp³-hybridized carbons (Fsp3) is 0.667. The SMILES string of the molecule is NCc1cc(CCC2CCCC2)ncn1. The van der Waals surface area contributed by atoms with Crippen LogP contribution in [-0.2, 0) is 13.0 Å². The number of hydrogen-bond donors (Lipinski definition) is 1. The summed E-state index contributed by atoms with van der Waals surface area (Å²) >= 11 is 0. The van der Waals surface area contributed by atoms with E-state index in [1.807, 2.05) is 6.07 Å². The molecule has 0 amide bonds. The first kappa shape index (κ1) is 10.6. The van der Waals surface area contributed by atoms with Crippen LogP contribution in [0.5, 0.6) is 0 Å². The zero-order valence-electron chi connectivity index (χ0n) is 9.15. The lowest BCUT2D eigenvalue weighted by Gasteiger charge is -2.08. The predicted molar refractivity (Wildman–Crippen MR) is 60.2 cm³/mol. The van der Waals surface area contributed by atoms with Gasteiger partial charge in [-0.1, -0.05) is 25.7 Å². The average Bonchev–Trinajstić information content (AvgIpc) is 2.79. The zero-order chi connectivity index (χ0) is 10.5. The van der Waals surface area contributed by atoms with Crippen molar-refractivity contribution in [3.8, 4) is 0 Å². The van der Waals surface area contributed by atoms with E-state index in [-0.39, 0.29) is 0 Å². The van der Waals surface area contributed by atoms with Crippen LogP contribution in [0.15, 0.2) is 12.4 Å². The van der Waals surface area contributed by atoms with Crippen molar-refractivity contribution in [3.63, 3.8) is 0 Å². The van der Waals surface area contributed by atoms with E-state index in [4.69, 9.17) is 5.73 Å². The molecule has 0 aromatic carbocycles. The second kappa shape index (κ2) is 5.21. The van der Waals surface area contributed by atoms with Crippen molar-refractivity contribution in [2.45, 2.75) is 45.1 Å². The quantitative estimate of drug-likeness (QED) is 0.818. The van der Waals surface area contributed by atoms with Crippen molar-refractivity contribution < 1.29 is 0 Å². The minimum atomic E-state index is 0.513. The molecule has 2 rings (SSSR count). The summed E-state index contributed by atoms with van der Waals surface area (Å²) in [5.74, 6) is 0.932. The standard InChI is InChI=1S/C12H19N3/c13-8-12-7-11(14-9-15-12)6-5-10-3-1-2-4-10/h7,9-10H,1-6,8,13H2. The molecule has 1 heterocycles. The normalized spacial score (nSPS) is 17.1. The Morgan fingerprint density at radius 1 is 1.20 bits per heavy atom. The molecule has 0 unspecified atom stereocenters. The van der Waals surface area contributed by atoms with Gasteiger partial charge in [-0.2, -0.15) is 0 Å². The van der Waals surface area contributed by atoms with Crippen LogP contribution in [0, 0.1) is 5.92 Å². The lowest BCUT2D eigenvalue weighted by Crippen LogP contribution is -2.03. The molecule has 15 heavy (non-hydrogen) atoms. The van der Waals surface area contributed by atoms with Crippen LogP contribution in [0.4, 0.5) is 0 Å². The molecule has 0 spiro atoms. The lowest BCUT2D eigenvalue weighted by molar-refractivity contribution is 0.500. The highest BCUT2D eigenvalue weighted by Crippen LogP contribution is 2.28. The number of hydrogen-bond acceptors (Lipinski definition) is 3. The maximum Gasteiger partial charge on any atom is 0.115 e. The van der Waals surface area contributed by atoms with Crippen LogP contribution in [0.25, 0.3) is 0 Å². The summed E-state index contributed by atoms with van der Waals surface area (Å²) in [7, 11) is 0. The summed E-state index contributed by atoms with van der Waals surface area (Å²) in [6.45, 7) is 0.513. The summed E-state index contributed by atoms with van der Waals surface area (Å²) in [6, 6.07) is 2.04. The Bertz CT molecular complexity index is 305. The molecule has 1 aliphatic rings. The molecule has 82 valence electrons. The Hall–Kier alpha value is -0.960. The second-order valence-corrected chi connectivity index (χ2v) is 4.39. The maximum atomic E-state index is 5.55. The molecular formula is C12H19N3. The fourth-order valence-electron chi connectivity index (χ4n) is 2.34. The van der Waals surface area contributed by atoms with Gasteiger partial charge in [-0.15, -0.1) is 0 Å². The molecule has 0 aliphatic heterocycles. The summed E-state index contributed by atoms with van der Waals surface area (Å²) in [5.41, 5.74) is 7.65. The highest BCUT2D eigenvalue weighted by molar-refractivity contribution is 5.08. The van der Waals surface area contributed by atoms with Crippen molar-refractivity contribution in [1.82, 2.24) is 9.97 Å². The lowest BCUT2D eigenvalue weighted by atomic mass is 10.0. The first-order valence-corrected chi connectivity index (χ1v) is 5.88. The number of aryl methyl sites for hydroxylation is 1. The molecule has 3 heteroatoms. The van der Waals surface area contributed by atoms with Gasteiger partial charge in [0.15, 0.2) is 0 Å². The van der Waals surface area contributed by atoms with E-state index < -0.39 is 0 Å².